The molecule has 2 aromatic carbocycles. The van der Waals surface area contributed by atoms with Crippen LogP contribution >= 0.6 is 11.5 Å². The van der Waals surface area contributed by atoms with Crippen LogP contribution in [0, 0.1) is 0 Å². The molecule has 1 aliphatic rings. The van der Waals surface area contributed by atoms with Crippen LogP contribution in [0.15, 0.2) is 48.7 Å². The van der Waals surface area contributed by atoms with Gasteiger partial charge in [-0.15, -0.1) is 0 Å². The summed E-state index contributed by atoms with van der Waals surface area (Å²) in [6.45, 7) is 0.857. The summed E-state index contributed by atoms with van der Waals surface area (Å²) in [4.78, 5) is 25.6. The highest BCUT2D eigenvalue weighted by Crippen LogP contribution is 2.23. The SMILES string of the molecule is O=C(Nc1ccc2sncc2c1)c1cccc(N2CCOC2=O)c1. The van der Waals surface area contributed by atoms with Crippen LogP contribution in [0.3, 0.4) is 0 Å². The number of anilines is 2. The zero-order valence-corrected chi connectivity index (χ0v) is 13.4. The molecule has 2 amide bonds. The van der Waals surface area contributed by atoms with Gasteiger partial charge in [0, 0.05) is 28.5 Å². The van der Waals surface area contributed by atoms with E-state index in [0.717, 1.165) is 10.1 Å². The number of aromatic nitrogens is 1. The number of cyclic esters (lactones) is 1. The lowest BCUT2D eigenvalue weighted by molar-refractivity contribution is 0.102. The van der Waals surface area contributed by atoms with Crippen LogP contribution < -0.4 is 10.2 Å². The number of hydrogen-bond acceptors (Lipinski definition) is 5. The van der Waals surface area contributed by atoms with Crippen molar-refractivity contribution in [2.24, 2.45) is 0 Å². The molecule has 0 radical (unpaired) electrons. The minimum absolute atomic E-state index is 0.230. The van der Waals surface area contributed by atoms with E-state index in [0.29, 0.717) is 30.1 Å². The second-order valence-electron chi connectivity index (χ2n) is 5.35. The molecule has 0 spiro atoms. The largest absolute Gasteiger partial charge is 0.447 e. The summed E-state index contributed by atoms with van der Waals surface area (Å²) in [7, 11) is 0. The predicted molar refractivity (Wildman–Crippen MR) is 92.7 cm³/mol. The molecule has 24 heavy (non-hydrogen) atoms. The molecule has 0 atom stereocenters. The summed E-state index contributed by atoms with van der Waals surface area (Å²) in [5.74, 6) is -0.230. The number of benzene rings is 2. The summed E-state index contributed by atoms with van der Waals surface area (Å²) >= 11 is 1.42. The molecule has 2 heterocycles. The van der Waals surface area contributed by atoms with Crippen molar-refractivity contribution in [2.45, 2.75) is 0 Å². The first-order valence-corrected chi connectivity index (χ1v) is 8.18. The monoisotopic (exact) mass is 339 g/mol. The van der Waals surface area contributed by atoms with Crippen molar-refractivity contribution < 1.29 is 14.3 Å². The van der Waals surface area contributed by atoms with E-state index in [2.05, 4.69) is 9.69 Å². The van der Waals surface area contributed by atoms with Crippen molar-refractivity contribution in [3.8, 4) is 0 Å². The van der Waals surface area contributed by atoms with E-state index in [1.165, 1.54) is 16.4 Å². The van der Waals surface area contributed by atoms with E-state index in [1.54, 1.807) is 30.5 Å². The summed E-state index contributed by atoms with van der Waals surface area (Å²) in [6, 6.07) is 12.6. The number of amides is 2. The highest BCUT2D eigenvalue weighted by atomic mass is 32.1. The first-order valence-electron chi connectivity index (χ1n) is 7.41. The molecule has 1 aromatic heterocycles. The van der Waals surface area contributed by atoms with Crippen molar-refractivity contribution >= 4 is 45.0 Å². The standard InChI is InChI=1S/C17H13N3O3S/c21-16(19-13-4-5-15-12(8-13)10-18-24-15)11-2-1-3-14(9-11)20-6-7-23-17(20)22/h1-5,8-10H,6-7H2,(H,19,21). The van der Waals surface area contributed by atoms with Crippen molar-refractivity contribution in [2.75, 3.05) is 23.4 Å². The molecule has 0 unspecified atom stereocenters. The first-order chi connectivity index (χ1) is 11.7. The number of rotatable bonds is 3. The Bertz CT molecular complexity index is 937. The number of carbonyl (C=O) groups is 2. The van der Waals surface area contributed by atoms with Gasteiger partial charge in [0.1, 0.15) is 6.61 Å². The fraction of sp³-hybridized carbons (Fsp3) is 0.118. The third kappa shape index (κ3) is 2.69. The number of ether oxygens (including phenoxy) is 1. The number of carbonyl (C=O) groups excluding carboxylic acids is 2. The topological polar surface area (TPSA) is 71.5 Å². The molecular weight excluding hydrogens is 326 g/mol. The third-order valence-electron chi connectivity index (χ3n) is 3.79. The van der Waals surface area contributed by atoms with Gasteiger partial charge in [-0.2, -0.15) is 4.37 Å². The van der Waals surface area contributed by atoms with Crippen molar-refractivity contribution in [3.63, 3.8) is 0 Å². The Hall–Kier alpha value is -2.93. The highest BCUT2D eigenvalue weighted by Gasteiger charge is 2.24. The van der Waals surface area contributed by atoms with E-state index < -0.39 is 0 Å². The van der Waals surface area contributed by atoms with Gasteiger partial charge in [0.25, 0.3) is 5.91 Å². The van der Waals surface area contributed by atoms with E-state index in [1.807, 2.05) is 18.2 Å². The van der Waals surface area contributed by atoms with Gasteiger partial charge in [-0.05, 0) is 47.9 Å². The molecule has 1 fully saturated rings. The van der Waals surface area contributed by atoms with Gasteiger partial charge in [0.15, 0.2) is 0 Å². The van der Waals surface area contributed by atoms with E-state index in [9.17, 15) is 9.59 Å². The maximum atomic E-state index is 12.5. The van der Waals surface area contributed by atoms with Gasteiger partial charge in [-0.1, -0.05) is 6.07 Å². The minimum atomic E-state index is -0.386. The normalized spacial score (nSPS) is 14.0. The Balaban J connectivity index is 1.56. The number of fused-ring (bicyclic) bond motifs is 1. The van der Waals surface area contributed by atoms with Crippen LogP contribution in [0.4, 0.5) is 16.2 Å². The Morgan fingerprint density at radius 1 is 1.25 bits per heavy atom. The fourth-order valence-corrected chi connectivity index (χ4v) is 3.22. The molecule has 1 N–H and O–H groups in total. The summed E-state index contributed by atoms with van der Waals surface area (Å²) < 4.78 is 10.1. The molecular formula is C17H13N3O3S. The average molecular weight is 339 g/mol. The summed E-state index contributed by atoms with van der Waals surface area (Å²) in [6.07, 6.45) is 1.39. The number of nitrogens with zero attached hydrogens (tertiary/aromatic N) is 2. The number of hydrogen-bond donors (Lipinski definition) is 1. The molecule has 0 aliphatic carbocycles. The van der Waals surface area contributed by atoms with Crippen LogP contribution in [-0.4, -0.2) is 29.5 Å². The molecule has 1 saturated heterocycles. The zero-order valence-electron chi connectivity index (χ0n) is 12.6. The van der Waals surface area contributed by atoms with E-state index in [-0.39, 0.29) is 12.0 Å². The summed E-state index contributed by atoms with van der Waals surface area (Å²) in [5.41, 5.74) is 1.84. The highest BCUT2D eigenvalue weighted by molar-refractivity contribution is 7.13. The van der Waals surface area contributed by atoms with Crippen LogP contribution in [0.1, 0.15) is 10.4 Å². The van der Waals surface area contributed by atoms with Gasteiger partial charge in [-0.3, -0.25) is 9.69 Å². The Morgan fingerprint density at radius 3 is 3.00 bits per heavy atom. The molecule has 7 heteroatoms. The fourth-order valence-electron chi connectivity index (χ4n) is 2.60. The van der Waals surface area contributed by atoms with Crippen molar-refractivity contribution in [1.29, 1.82) is 0 Å². The second-order valence-corrected chi connectivity index (χ2v) is 6.18. The van der Waals surface area contributed by atoms with Crippen LogP contribution in [0.5, 0.6) is 0 Å². The Morgan fingerprint density at radius 2 is 2.17 bits per heavy atom. The van der Waals surface area contributed by atoms with Gasteiger partial charge in [0.2, 0.25) is 0 Å². The van der Waals surface area contributed by atoms with E-state index >= 15 is 0 Å². The molecule has 6 nitrogen and oxygen atoms in total. The summed E-state index contributed by atoms with van der Waals surface area (Å²) in [5, 5.41) is 3.86. The van der Waals surface area contributed by atoms with Crippen molar-refractivity contribution in [3.05, 3.63) is 54.2 Å². The molecule has 0 saturated carbocycles. The van der Waals surface area contributed by atoms with Crippen LogP contribution in [0.25, 0.3) is 10.1 Å². The van der Waals surface area contributed by atoms with E-state index in [4.69, 9.17) is 4.74 Å². The molecule has 120 valence electrons. The van der Waals surface area contributed by atoms with Gasteiger partial charge < -0.3 is 10.1 Å². The Labute approximate surface area is 141 Å². The lowest BCUT2D eigenvalue weighted by Crippen LogP contribution is -2.23. The smallest absolute Gasteiger partial charge is 0.414 e. The van der Waals surface area contributed by atoms with Gasteiger partial charge in [0.05, 0.1) is 11.2 Å². The second kappa shape index (κ2) is 5.93. The first kappa shape index (κ1) is 14.6. The average Bonchev–Trinajstić information content (AvgIpc) is 3.23. The predicted octanol–water partition coefficient (Wildman–Crippen LogP) is 3.51. The van der Waals surface area contributed by atoms with Gasteiger partial charge >= 0.3 is 6.09 Å². The zero-order chi connectivity index (χ0) is 16.5. The van der Waals surface area contributed by atoms with Crippen molar-refractivity contribution in [1.82, 2.24) is 4.37 Å². The van der Waals surface area contributed by atoms with Crippen LogP contribution in [0.2, 0.25) is 0 Å². The lowest BCUT2D eigenvalue weighted by atomic mass is 10.1. The quantitative estimate of drug-likeness (QED) is 0.793. The third-order valence-corrected chi connectivity index (χ3v) is 4.57. The molecule has 0 bridgehead atoms. The maximum absolute atomic E-state index is 12.5. The minimum Gasteiger partial charge on any atom is -0.447 e. The lowest BCUT2D eigenvalue weighted by Gasteiger charge is -2.13. The van der Waals surface area contributed by atoms with Crippen LogP contribution in [-0.2, 0) is 4.74 Å². The van der Waals surface area contributed by atoms with Gasteiger partial charge in [-0.25, -0.2) is 4.79 Å². The number of nitrogens with one attached hydrogen (secondary N) is 1. The molecule has 4 rings (SSSR count). The molecule has 3 aromatic rings. The maximum Gasteiger partial charge on any atom is 0.414 e. The Kier molecular flexibility index (Phi) is 3.62. The molecule has 1 aliphatic heterocycles.